The molecule has 1 aromatic heterocycles. The number of benzene rings is 1. The molecule has 1 fully saturated rings. The highest BCUT2D eigenvalue weighted by Gasteiger charge is 2.28. The lowest BCUT2D eigenvalue weighted by Crippen LogP contribution is -2.48. The van der Waals surface area contributed by atoms with E-state index in [1.165, 1.54) is 6.07 Å². The number of hydrogen-bond acceptors (Lipinski definition) is 4. The molecule has 0 aliphatic carbocycles. The Labute approximate surface area is 193 Å². The fourth-order valence-corrected chi connectivity index (χ4v) is 3.47. The van der Waals surface area contributed by atoms with Crippen molar-refractivity contribution in [1.29, 1.82) is 0 Å². The van der Waals surface area contributed by atoms with Gasteiger partial charge in [-0.3, -0.25) is 4.79 Å². The number of guanidine groups is 1. The second kappa shape index (κ2) is 11.9. The van der Waals surface area contributed by atoms with Gasteiger partial charge in [0.25, 0.3) is 0 Å². The minimum atomic E-state index is -0.318. The average molecular weight is 529 g/mol. The Morgan fingerprint density at radius 3 is 2.90 bits per heavy atom. The Kier molecular flexibility index (Phi) is 9.54. The first-order valence-electron chi connectivity index (χ1n) is 10.1. The Morgan fingerprint density at radius 1 is 1.40 bits per heavy atom. The van der Waals surface area contributed by atoms with Gasteiger partial charge in [-0.15, -0.1) is 24.0 Å². The summed E-state index contributed by atoms with van der Waals surface area (Å²) < 4.78 is 21.3. The van der Waals surface area contributed by atoms with Crippen LogP contribution >= 0.6 is 24.0 Å². The van der Waals surface area contributed by atoms with E-state index in [4.69, 9.17) is 4.74 Å². The van der Waals surface area contributed by atoms with Crippen LogP contribution in [-0.2, 0) is 16.1 Å². The molecule has 2 aromatic rings. The van der Waals surface area contributed by atoms with Gasteiger partial charge in [0.05, 0.1) is 31.1 Å². The van der Waals surface area contributed by atoms with E-state index in [0.717, 1.165) is 30.9 Å². The summed E-state index contributed by atoms with van der Waals surface area (Å²) >= 11 is 0. The van der Waals surface area contributed by atoms with Crippen molar-refractivity contribution in [1.82, 2.24) is 19.8 Å². The van der Waals surface area contributed by atoms with Crippen LogP contribution in [-0.4, -0.2) is 52.6 Å². The number of hydrogen-bond donors (Lipinski definition) is 1. The van der Waals surface area contributed by atoms with Gasteiger partial charge in [-0.05, 0) is 44.4 Å². The lowest BCUT2D eigenvalue weighted by atomic mass is 9.98. The molecule has 0 bridgehead atoms. The zero-order valence-electron chi connectivity index (χ0n) is 17.4. The number of nitrogens with zero attached hydrogens (tertiary/aromatic N) is 4. The maximum atomic E-state index is 14.5. The van der Waals surface area contributed by atoms with Crippen molar-refractivity contribution < 1.29 is 13.9 Å². The van der Waals surface area contributed by atoms with E-state index in [1.54, 1.807) is 29.4 Å². The van der Waals surface area contributed by atoms with Crippen LogP contribution in [0.25, 0.3) is 5.69 Å². The van der Waals surface area contributed by atoms with Crippen molar-refractivity contribution in [2.24, 2.45) is 10.9 Å². The maximum absolute atomic E-state index is 14.5. The first-order valence-corrected chi connectivity index (χ1v) is 10.1. The zero-order valence-corrected chi connectivity index (χ0v) is 19.7. The number of halogens is 2. The highest BCUT2D eigenvalue weighted by atomic mass is 127. The first kappa shape index (κ1) is 24.1. The number of nitrogens with one attached hydrogen (secondary N) is 1. The third-order valence-electron chi connectivity index (χ3n) is 4.88. The van der Waals surface area contributed by atoms with Crippen molar-refractivity contribution in [2.75, 3.05) is 26.2 Å². The van der Waals surface area contributed by atoms with E-state index in [1.807, 2.05) is 19.9 Å². The maximum Gasteiger partial charge on any atom is 0.310 e. The summed E-state index contributed by atoms with van der Waals surface area (Å²) in [6, 6.07) is 5.09. The molecule has 0 saturated carbocycles. The molecule has 1 aliphatic heterocycles. The number of imidazole rings is 1. The molecule has 30 heavy (non-hydrogen) atoms. The standard InChI is InChI=1S/C21H28FN5O2.HI/c1-3-24-21(26-10-5-6-17(14-26)20(28)29-4-2)25-13-16-7-8-19(18(22)12-16)27-11-9-23-15-27;/h7-9,11-12,15,17H,3-6,10,13-14H2,1-2H3,(H,24,25);1H. The molecule has 1 aliphatic rings. The Bertz CT molecular complexity index is 844. The number of aliphatic imine (C=N–C) groups is 1. The number of likely N-dealkylation sites (tertiary alicyclic amines) is 1. The van der Waals surface area contributed by atoms with Crippen molar-refractivity contribution in [3.63, 3.8) is 0 Å². The fourth-order valence-electron chi connectivity index (χ4n) is 3.47. The van der Waals surface area contributed by atoms with Gasteiger partial charge >= 0.3 is 5.97 Å². The highest BCUT2D eigenvalue weighted by Crippen LogP contribution is 2.19. The third-order valence-corrected chi connectivity index (χ3v) is 4.88. The number of rotatable bonds is 6. The van der Waals surface area contributed by atoms with Crippen LogP contribution in [0, 0.1) is 11.7 Å². The number of carbonyl (C=O) groups is 1. The molecule has 1 atom stereocenters. The molecular weight excluding hydrogens is 500 g/mol. The van der Waals surface area contributed by atoms with Crippen molar-refractivity contribution in [3.05, 3.63) is 48.3 Å². The largest absolute Gasteiger partial charge is 0.466 e. The average Bonchev–Trinajstić information content (AvgIpc) is 3.26. The van der Waals surface area contributed by atoms with Gasteiger partial charge in [-0.25, -0.2) is 14.4 Å². The van der Waals surface area contributed by atoms with Gasteiger partial charge in [0.15, 0.2) is 5.96 Å². The van der Waals surface area contributed by atoms with E-state index >= 15 is 0 Å². The molecule has 0 radical (unpaired) electrons. The predicted molar refractivity (Wildman–Crippen MR) is 125 cm³/mol. The second-order valence-electron chi connectivity index (χ2n) is 6.96. The summed E-state index contributed by atoms with van der Waals surface area (Å²) in [7, 11) is 0. The van der Waals surface area contributed by atoms with Gasteiger partial charge in [0.2, 0.25) is 0 Å². The molecule has 9 heteroatoms. The molecule has 1 unspecified atom stereocenters. The van der Waals surface area contributed by atoms with Crippen LogP contribution in [0.2, 0.25) is 0 Å². The van der Waals surface area contributed by atoms with E-state index in [2.05, 4.69) is 20.2 Å². The lowest BCUT2D eigenvalue weighted by Gasteiger charge is -2.34. The molecule has 1 saturated heterocycles. The summed E-state index contributed by atoms with van der Waals surface area (Å²) in [5, 5.41) is 3.28. The number of carbonyl (C=O) groups excluding carboxylic acids is 1. The number of piperidine rings is 1. The summed E-state index contributed by atoms with van der Waals surface area (Å²) in [6.07, 6.45) is 6.62. The molecule has 1 aromatic carbocycles. The third kappa shape index (κ3) is 6.16. The molecule has 164 valence electrons. The van der Waals surface area contributed by atoms with E-state index < -0.39 is 0 Å². The van der Waals surface area contributed by atoms with Crippen molar-refractivity contribution >= 4 is 35.9 Å². The Morgan fingerprint density at radius 2 is 2.23 bits per heavy atom. The van der Waals surface area contributed by atoms with Crippen LogP contribution in [0.5, 0.6) is 0 Å². The van der Waals surface area contributed by atoms with Crippen LogP contribution in [0.4, 0.5) is 4.39 Å². The quantitative estimate of drug-likeness (QED) is 0.269. The normalized spacial score (nSPS) is 16.7. The highest BCUT2D eigenvalue weighted by molar-refractivity contribution is 14.0. The topological polar surface area (TPSA) is 71.8 Å². The molecular formula is C21H29FIN5O2. The Hall–Kier alpha value is -2.17. The van der Waals surface area contributed by atoms with E-state index in [9.17, 15) is 9.18 Å². The zero-order chi connectivity index (χ0) is 20.6. The van der Waals surface area contributed by atoms with Gasteiger partial charge in [0.1, 0.15) is 5.82 Å². The summed E-state index contributed by atoms with van der Waals surface area (Å²) in [5.41, 5.74) is 1.23. The molecule has 0 amide bonds. The molecule has 2 heterocycles. The summed E-state index contributed by atoms with van der Waals surface area (Å²) in [6.45, 7) is 6.69. The van der Waals surface area contributed by atoms with Crippen molar-refractivity contribution in [3.8, 4) is 5.69 Å². The van der Waals surface area contributed by atoms with Crippen LogP contribution < -0.4 is 5.32 Å². The van der Waals surface area contributed by atoms with Crippen LogP contribution in [0.15, 0.2) is 41.9 Å². The van der Waals surface area contributed by atoms with Gasteiger partial charge in [0, 0.05) is 32.0 Å². The van der Waals surface area contributed by atoms with Gasteiger partial charge < -0.3 is 19.5 Å². The molecule has 0 spiro atoms. The van der Waals surface area contributed by atoms with Gasteiger partial charge in [-0.1, -0.05) is 6.07 Å². The minimum Gasteiger partial charge on any atom is -0.466 e. The molecule has 1 N–H and O–H groups in total. The molecule has 7 nitrogen and oxygen atoms in total. The first-order chi connectivity index (χ1) is 14.1. The van der Waals surface area contributed by atoms with E-state index in [-0.39, 0.29) is 41.7 Å². The SMILES string of the molecule is CCNC(=NCc1ccc(-n2ccnc2)c(F)c1)N1CCCC(C(=O)OCC)C1.I. The van der Waals surface area contributed by atoms with Gasteiger partial charge in [-0.2, -0.15) is 0 Å². The van der Waals surface area contributed by atoms with Crippen LogP contribution in [0.1, 0.15) is 32.3 Å². The minimum absolute atomic E-state index is 0. The number of esters is 1. The summed E-state index contributed by atoms with van der Waals surface area (Å²) in [5.74, 6) is 0.131. The molecule has 3 rings (SSSR count). The van der Waals surface area contributed by atoms with Crippen molar-refractivity contribution in [2.45, 2.75) is 33.2 Å². The smallest absolute Gasteiger partial charge is 0.310 e. The lowest BCUT2D eigenvalue weighted by molar-refractivity contribution is -0.149. The fraction of sp³-hybridized carbons (Fsp3) is 0.476. The van der Waals surface area contributed by atoms with E-state index in [0.29, 0.717) is 31.9 Å². The predicted octanol–water partition coefficient (Wildman–Crippen LogP) is 3.37. The monoisotopic (exact) mass is 529 g/mol. The number of ether oxygens (including phenoxy) is 1. The summed E-state index contributed by atoms with van der Waals surface area (Å²) in [4.78, 5) is 22.8. The number of aromatic nitrogens is 2. The second-order valence-corrected chi connectivity index (χ2v) is 6.96. The Balaban J connectivity index is 0.00000320. The van der Waals surface area contributed by atoms with Crippen LogP contribution in [0.3, 0.4) is 0 Å².